The summed E-state index contributed by atoms with van der Waals surface area (Å²) in [6, 6.07) is 0. The highest BCUT2D eigenvalue weighted by Gasteiger charge is 2.21. The van der Waals surface area contributed by atoms with Crippen molar-refractivity contribution in [3.05, 3.63) is 0 Å². The summed E-state index contributed by atoms with van der Waals surface area (Å²) in [5, 5.41) is 3.91. The first kappa shape index (κ1) is 10.5. The molecule has 0 saturated heterocycles. The molecule has 0 rings (SSSR count). The number of hydrogen-bond donors (Lipinski definition) is 0. The molecule has 0 amide bonds. The lowest BCUT2D eigenvalue weighted by Crippen LogP contribution is -2.24. The summed E-state index contributed by atoms with van der Waals surface area (Å²) in [5.41, 5.74) is 1.12. The lowest BCUT2D eigenvalue weighted by molar-refractivity contribution is -0.00165. The topological polar surface area (TPSA) is 21.6 Å². The molecule has 0 aromatic carbocycles. The van der Waals surface area contributed by atoms with Crippen molar-refractivity contribution < 1.29 is 4.84 Å². The van der Waals surface area contributed by atoms with Gasteiger partial charge in [0.15, 0.2) is 0 Å². The molecule has 2 nitrogen and oxygen atoms in total. The van der Waals surface area contributed by atoms with Crippen molar-refractivity contribution in [2.45, 2.75) is 47.6 Å². The molecule has 0 bridgehead atoms. The van der Waals surface area contributed by atoms with Gasteiger partial charge in [-0.2, -0.15) is 0 Å². The van der Waals surface area contributed by atoms with Crippen LogP contribution in [0, 0.1) is 5.41 Å². The maximum atomic E-state index is 5.26. The van der Waals surface area contributed by atoms with E-state index in [9.17, 15) is 0 Å². The molecule has 0 aliphatic carbocycles. The average Bonchev–Trinajstić information content (AvgIpc) is 1.80. The Kier molecular flexibility index (Phi) is 3.56. The van der Waals surface area contributed by atoms with Gasteiger partial charge in [-0.05, 0) is 20.8 Å². The first-order valence-corrected chi connectivity index (χ1v) is 4.01. The highest BCUT2D eigenvalue weighted by Crippen LogP contribution is 2.21. The third-order valence-corrected chi connectivity index (χ3v) is 1.61. The second kappa shape index (κ2) is 3.74. The largest absolute Gasteiger partial charge is 0.392 e. The van der Waals surface area contributed by atoms with Crippen LogP contribution in [0.5, 0.6) is 0 Å². The van der Waals surface area contributed by atoms with E-state index in [-0.39, 0.29) is 11.5 Å². The average molecular weight is 157 g/mol. The van der Waals surface area contributed by atoms with E-state index in [1.165, 1.54) is 0 Å². The molecule has 1 unspecified atom stereocenters. The van der Waals surface area contributed by atoms with Crippen LogP contribution in [0.4, 0.5) is 0 Å². The molecule has 0 N–H and O–H groups in total. The van der Waals surface area contributed by atoms with E-state index >= 15 is 0 Å². The van der Waals surface area contributed by atoms with Gasteiger partial charge in [-0.15, -0.1) is 0 Å². The van der Waals surface area contributed by atoms with E-state index in [0.717, 1.165) is 5.71 Å². The molecule has 0 saturated carbocycles. The molecule has 0 aliphatic rings. The van der Waals surface area contributed by atoms with E-state index in [0.29, 0.717) is 0 Å². The summed E-state index contributed by atoms with van der Waals surface area (Å²) in [6.07, 6.45) is 0.164. The zero-order chi connectivity index (χ0) is 9.07. The van der Waals surface area contributed by atoms with Crippen LogP contribution in [0.15, 0.2) is 5.16 Å². The summed E-state index contributed by atoms with van der Waals surface area (Å²) < 4.78 is 0. The van der Waals surface area contributed by atoms with Crippen molar-refractivity contribution >= 4 is 5.71 Å². The Morgan fingerprint density at radius 2 is 1.73 bits per heavy atom. The Hall–Kier alpha value is -0.530. The Bertz CT molecular complexity index is 140. The highest BCUT2D eigenvalue weighted by atomic mass is 16.6. The third kappa shape index (κ3) is 4.82. The lowest BCUT2D eigenvalue weighted by atomic mass is 9.90. The fraction of sp³-hybridized carbons (Fsp3) is 0.889. The van der Waals surface area contributed by atoms with Crippen LogP contribution >= 0.6 is 0 Å². The Morgan fingerprint density at radius 1 is 1.27 bits per heavy atom. The standard InChI is InChI=1S/C9H19NO/c1-7(2)10-11-8(3)9(4,5)6/h8H,1-6H3. The van der Waals surface area contributed by atoms with Gasteiger partial charge in [-0.25, -0.2) is 0 Å². The van der Waals surface area contributed by atoms with E-state index in [2.05, 4.69) is 25.9 Å². The van der Waals surface area contributed by atoms with Gasteiger partial charge in [0.25, 0.3) is 0 Å². The molecular formula is C9H19NO. The second-order valence-electron chi connectivity index (χ2n) is 4.15. The van der Waals surface area contributed by atoms with Gasteiger partial charge >= 0.3 is 0 Å². The van der Waals surface area contributed by atoms with Gasteiger partial charge < -0.3 is 4.84 Å². The Balaban J connectivity index is 3.89. The van der Waals surface area contributed by atoms with E-state index < -0.39 is 0 Å². The smallest absolute Gasteiger partial charge is 0.129 e. The first-order chi connectivity index (χ1) is 4.84. The lowest BCUT2D eigenvalue weighted by Gasteiger charge is -2.24. The molecule has 0 radical (unpaired) electrons. The number of rotatable bonds is 2. The maximum Gasteiger partial charge on any atom is 0.129 e. The second-order valence-corrected chi connectivity index (χ2v) is 4.15. The van der Waals surface area contributed by atoms with Gasteiger partial charge in [0, 0.05) is 5.41 Å². The van der Waals surface area contributed by atoms with Gasteiger partial charge in [-0.1, -0.05) is 25.9 Å². The van der Waals surface area contributed by atoms with E-state index in [4.69, 9.17) is 4.84 Å². The minimum Gasteiger partial charge on any atom is -0.392 e. The van der Waals surface area contributed by atoms with Gasteiger partial charge in [-0.3, -0.25) is 0 Å². The molecule has 66 valence electrons. The molecular weight excluding hydrogens is 138 g/mol. The number of nitrogens with zero attached hydrogens (tertiary/aromatic N) is 1. The minimum absolute atomic E-state index is 0.164. The van der Waals surface area contributed by atoms with Gasteiger partial charge in [0.2, 0.25) is 0 Å². The van der Waals surface area contributed by atoms with Crippen molar-refractivity contribution in [2.75, 3.05) is 0 Å². The summed E-state index contributed by atoms with van der Waals surface area (Å²) in [5.74, 6) is 0. The van der Waals surface area contributed by atoms with Crippen LogP contribution < -0.4 is 0 Å². The molecule has 1 atom stereocenters. The zero-order valence-corrected chi connectivity index (χ0v) is 8.43. The molecule has 11 heavy (non-hydrogen) atoms. The summed E-state index contributed by atoms with van der Waals surface area (Å²) in [4.78, 5) is 5.26. The fourth-order valence-corrected chi connectivity index (χ4v) is 0.343. The van der Waals surface area contributed by atoms with Crippen molar-refractivity contribution in [1.82, 2.24) is 0 Å². The zero-order valence-electron chi connectivity index (χ0n) is 8.43. The quantitative estimate of drug-likeness (QED) is 0.446. The van der Waals surface area contributed by atoms with Crippen LogP contribution in [-0.2, 0) is 4.84 Å². The highest BCUT2D eigenvalue weighted by molar-refractivity contribution is 5.78. The molecule has 0 aromatic rings. The third-order valence-electron chi connectivity index (χ3n) is 1.61. The molecule has 0 spiro atoms. The summed E-state index contributed by atoms with van der Waals surface area (Å²) in [6.45, 7) is 12.3. The van der Waals surface area contributed by atoms with Crippen LogP contribution in [0.25, 0.3) is 0 Å². The predicted molar refractivity (Wildman–Crippen MR) is 48.8 cm³/mol. The van der Waals surface area contributed by atoms with Crippen LogP contribution in [0.2, 0.25) is 0 Å². The molecule has 0 heterocycles. The summed E-state index contributed by atoms with van der Waals surface area (Å²) in [7, 11) is 0. The van der Waals surface area contributed by atoms with Crippen LogP contribution in [0.1, 0.15) is 41.5 Å². The predicted octanol–water partition coefficient (Wildman–Crippen LogP) is 2.83. The number of hydrogen-bond acceptors (Lipinski definition) is 2. The minimum atomic E-state index is 0.164. The van der Waals surface area contributed by atoms with E-state index in [1.54, 1.807) is 0 Å². The van der Waals surface area contributed by atoms with Crippen molar-refractivity contribution in [3.63, 3.8) is 0 Å². The molecule has 0 aliphatic heterocycles. The molecule has 0 fully saturated rings. The van der Waals surface area contributed by atoms with Crippen molar-refractivity contribution in [3.8, 4) is 0 Å². The van der Waals surface area contributed by atoms with Gasteiger partial charge in [0.05, 0.1) is 5.71 Å². The Labute approximate surface area is 69.6 Å². The van der Waals surface area contributed by atoms with Crippen molar-refractivity contribution in [1.29, 1.82) is 0 Å². The summed E-state index contributed by atoms with van der Waals surface area (Å²) >= 11 is 0. The number of oxime groups is 1. The van der Waals surface area contributed by atoms with Crippen LogP contribution in [-0.4, -0.2) is 11.8 Å². The normalized spacial score (nSPS) is 14.0. The van der Waals surface area contributed by atoms with Crippen LogP contribution in [0.3, 0.4) is 0 Å². The van der Waals surface area contributed by atoms with E-state index in [1.807, 2.05) is 20.8 Å². The fourth-order valence-electron chi connectivity index (χ4n) is 0.343. The van der Waals surface area contributed by atoms with Gasteiger partial charge in [0.1, 0.15) is 6.10 Å². The maximum absolute atomic E-state index is 5.26. The SMILES string of the molecule is CC(C)=NOC(C)C(C)(C)C. The molecule has 2 heteroatoms. The first-order valence-electron chi connectivity index (χ1n) is 4.01. The molecule has 0 aromatic heterocycles. The Morgan fingerprint density at radius 3 is 2.00 bits per heavy atom. The van der Waals surface area contributed by atoms with Crippen molar-refractivity contribution in [2.24, 2.45) is 10.6 Å². The monoisotopic (exact) mass is 157 g/mol.